The molecule has 0 saturated carbocycles. The predicted octanol–water partition coefficient (Wildman–Crippen LogP) is 3.37. The molecule has 20 heavy (non-hydrogen) atoms. The summed E-state index contributed by atoms with van der Waals surface area (Å²) in [6.45, 7) is 2.17. The topological polar surface area (TPSA) is 64.9 Å². The van der Waals surface area contributed by atoms with E-state index in [2.05, 4.69) is 17.1 Å². The molecule has 1 aromatic heterocycles. The summed E-state index contributed by atoms with van der Waals surface area (Å²) in [5.41, 5.74) is 6.12. The number of nitrogens with zero attached hydrogens (tertiary/aromatic N) is 2. The summed E-state index contributed by atoms with van der Waals surface area (Å²) < 4.78 is 18.7. The molecule has 0 amide bonds. The Kier molecular flexibility index (Phi) is 3.89. The van der Waals surface area contributed by atoms with Crippen LogP contribution >= 0.6 is 23.5 Å². The molecule has 0 radical (unpaired) electrons. The van der Waals surface area contributed by atoms with E-state index < -0.39 is 5.82 Å². The van der Waals surface area contributed by atoms with Crippen molar-refractivity contribution < 1.29 is 8.91 Å². The first-order valence-corrected chi connectivity index (χ1v) is 8.37. The Morgan fingerprint density at radius 1 is 1.35 bits per heavy atom. The molecule has 0 aliphatic carbocycles. The molecular weight excluding hydrogens is 297 g/mol. The maximum absolute atomic E-state index is 13.5. The third kappa shape index (κ3) is 2.64. The lowest BCUT2D eigenvalue weighted by Gasteiger charge is -2.24. The fourth-order valence-corrected chi connectivity index (χ4v) is 4.72. The van der Waals surface area contributed by atoms with Crippen LogP contribution in [0.3, 0.4) is 0 Å². The fraction of sp³-hybridized carbons (Fsp3) is 0.385. The Hall–Kier alpha value is -1.21. The van der Waals surface area contributed by atoms with Crippen LogP contribution in [0.2, 0.25) is 0 Å². The summed E-state index contributed by atoms with van der Waals surface area (Å²) in [4.78, 5) is 4.41. The Morgan fingerprint density at radius 2 is 2.15 bits per heavy atom. The van der Waals surface area contributed by atoms with Gasteiger partial charge in [-0.05, 0) is 18.2 Å². The zero-order valence-corrected chi connectivity index (χ0v) is 12.5. The molecule has 4 nitrogen and oxygen atoms in total. The van der Waals surface area contributed by atoms with Gasteiger partial charge in [0.25, 0.3) is 5.89 Å². The Morgan fingerprint density at radius 3 is 2.90 bits per heavy atom. The number of anilines is 1. The smallest absolute Gasteiger partial charge is 0.258 e. The van der Waals surface area contributed by atoms with Crippen LogP contribution in [0.1, 0.15) is 18.0 Å². The van der Waals surface area contributed by atoms with Crippen LogP contribution in [-0.4, -0.2) is 26.9 Å². The second-order valence-corrected chi connectivity index (χ2v) is 7.30. The van der Waals surface area contributed by atoms with Gasteiger partial charge < -0.3 is 10.3 Å². The third-order valence-electron chi connectivity index (χ3n) is 3.13. The molecule has 2 unspecified atom stereocenters. The van der Waals surface area contributed by atoms with Crippen LogP contribution in [0.5, 0.6) is 0 Å². The molecule has 2 N–H and O–H groups in total. The highest BCUT2D eigenvalue weighted by Gasteiger charge is 2.28. The zero-order valence-electron chi connectivity index (χ0n) is 10.9. The second-order valence-electron chi connectivity index (χ2n) is 4.56. The van der Waals surface area contributed by atoms with E-state index in [1.165, 1.54) is 12.1 Å². The summed E-state index contributed by atoms with van der Waals surface area (Å²) in [6, 6.07) is 4.50. The van der Waals surface area contributed by atoms with Gasteiger partial charge in [-0.3, -0.25) is 0 Å². The van der Waals surface area contributed by atoms with Crippen molar-refractivity contribution in [1.29, 1.82) is 0 Å². The van der Waals surface area contributed by atoms with E-state index in [1.807, 2.05) is 23.5 Å². The SMILES string of the molecule is CC1SCCSC1c1noc(-c2ccc(N)c(F)c2)n1. The van der Waals surface area contributed by atoms with Crippen LogP contribution in [0.15, 0.2) is 22.7 Å². The maximum Gasteiger partial charge on any atom is 0.258 e. The van der Waals surface area contributed by atoms with Gasteiger partial charge in [0.1, 0.15) is 5.82 Å². The summed E-state index contributed by atoms with van der Waals surface area (Å²) in [5, 5.41) is 4.72. The molecular formula is C13H14FN3OS2. The number of hydrogen-bond acceptors (Lipinski definition) is 6. The summed E-state index contributed by atoms with van der Waals surface area (Å²) >= 11 is 3.75. The standard InChI is InChI=1S/C13H14FN3OS2/c1-7-11(20-5-4-19-7)12-16-13(18-17-12)8-2-3-10(15)9(14)6-8/h2-3,6-7,11H,4-5,15H2,1H3. The Labute approximate surface area is 124 Å². The normalized spacial score (nSPS) is 22.9. The minimum atomic E-state index is -0.474. The van der Waals surface area contributed by atoms with Gasteiger partial charge in [-0.1, -0.05) is 12.1 Å². The van der Waals surface area contributed by atoms with E-state index in [0.29, 0.717) is 22.5 Å². The van der Waals surface area contributed by atoms with Gasteiger partial charge >= 0.3 is 0 Å². The van der Waals surface area contributed by atoms with Gasteiger partial charge in [0, 0.05) is 22.3 Å². The van der Waals surface area contributed by atoms with Crippen molar-refractivity contribution in [2.45, 2.75) is 17.4 Å². The van der Waals surface area contributed by atoms with Gasteiger partial charge in [-0.25, -0.2) is 4.39 Å². The Balaban J connectivity index is 1.87. The molecule has 3 rings (SSSR count). The summed E-state index contributed by atoms with van der Waals surface area (Å²) in [7, 11) is 0. The van der Waals surface area contributed by atoms with E-state index in [-0.39, 0.29) is 10.9 Å². The zero-order chi connectivity index (χ0) is 14.1. The van der Waals surface area contributed by atoms with E-state index in [1.54, 1.807) is 6.07 Å². The minimum Gasteiger partial charge on any atom is -0.396 e. The van der Waals surface area contributed by atoms with E-state index in [0.717, 1.165) is 11.5 Å². The second kappa shape index (κ2) is 5.65. The van der Waals surface area contributed by atoms with Crippen molar-refractivity contribution >= 4 is 29.2 Å². The van der Waals surface area contributed by atoms with Crippen LogP contribution in [-0.2, 0) is 0 Å². The van der Waals surface area contributed by atoms with Crippen molar-refractivity contribution in [2.75, 3.05) is 17.2 Å². The molecule has 1 aliphatic rings. The molecule has 1 aromatic carbocycles. The Bertz CT molecular complexity index is 619. The summed E-state index contributed by atoms with van der Waals surface area (Å²) in [5.74, 6) is 2.78. The van der Waals surface area contributed by atoms with Crippen molar-refractivity contribution in [3.63, 3.8) is 0 Å². The van der Waals surface area contributed by atoms with Gasteiger partial charge in [0.2, 0.25) is 0 Å². The predicted molar refractivity (Wildman–Crippen MR) is 81.2 cm³/mol. The molecule has 1 saturated heterocycles. The first-order chi connectivity index (χ1) is 9.65. The molecule has 1 aliphatic heterocycles. The number of nitrogen functional groups attached to an aromatic ring is 1. The lowest BCUT2D eigenvalue weighted by molar-refractivity contribution is 0.421. The number of thioether (sulfide) groups is 2. The van der Waals surface area contributed by atoms with Crippen molar-refractivity contribution in [3.8, 4) is 11.5 Å². The average Bonchev–Trinajstić information content (AvgIpc) is 2.92. The molecule has 2 atom stereocenters. The molecule has 0 bridgehead atoms. The van der Waals surface area contributed by atoms with Gasteiger partial charge in [0.15, 0.2) is 5.82 Å². The molecule has 2 heterocycles. The van der Waals surface area contributed by atoms with E-state index >= 15 is 0 Å². The van der Waals surface area contributed by atoms with Crippen molar-refractivity contribution in [3.05, 3.63) is 29.8 Å². The first-order valence-electron chi connectivity index (χ1n) is 6.27. The van der Waals surface area contributed by atoms with Crippen LogP contribution in [0, 0.1) is 5.82 Å². The third-order valence-corrected chi connectivity index (χ3v) is 6.22. The highest BCUT2D eigenvalue weighted by atomic mass is 32.2. The van der Waals surface area contributed by atoms with Gasteiger partial charge in [-0.15, -0.1) is 11.8 Å². The average molecular weight is 311 g/mol. The van der Waals surface area contributed by atoms with E-state index in [4.69, 9.17) is 10.3 Å². The quantitative estimate of drug-likeness (QED) is 0.858. The fourth-order valence-electron chi connectivity index (χ4n) is 2.04. The first kappa shape index (κ1) is 13.8. The highest BCUT2D eigenvalue weighted by Crippen LogP contribution is 2.41. The molecule has 106 valence electrons. The highest BCUT2D eigenvalue weighted by molar-refractivity contribution is 8.06. The molecule has 2 aromatic rings. The molecule has 1 fully saturated rings. The number of aromatic nitrogens is 2. The van der Waals surface area contributed by atoms with Crippen LogP contribution < -0.4 is 5.73 Å². The van der Waals surface area contributed by atoms with Crippen LogP contribution in [0.25, 0.3) is 11.5 Å². The van der Waals surface area contributed by atoms with Gasteiger partial charge in [-0.2, -0.15) is 16.7 Å². The van der Waals surface area contributed by atoms with Crippen molar-refractivity contribution in [1.82, 2.24) is 10.1 Å². The van der Waals surface area contributed by atoms with Gasteiger partial charge in [0.05, 0.1) is 10.9 Å². The number of benzene rings is 1. The number of hydrogen-bond donors (Lipinski definition) is 1. The lowest BCUT2D eigenvalue weighted by atomic mass is 10.2. The number of halogens is 1. The maximum atomic E-state index is 13.5. The number of rotatable bonds is 2. The monoisotopic (exact) mass is 311 g/mol. The number of nitrogens with two attached hydrogens (primary N) is 1. The largest absolute Gasteiger partial charge is 0.396 e. The van der Waals surface area contributed by atoms with Crippen LogP contribution in [0.4, 0.5) is 10.1 Å². The summed E-state index contributed by atoms with van der Waals surface area (Å²) in [6.07, 6.45) is 0. The minimum absolute atomic E-state index is 0.112. The van der Waals surface area contributed by atoms with Crippen molar-refractivity contribution in [2.24, 2.45) is 0 Å². The van der Waals surface area contributed by atoms with E-state index in [9.17, 15) is 4.39 Å². The molecule has 0 spiro atoms. The molecule has 7 heteroatoms. The lowest BCUT2D eigenvalue weighted by Crippen LogP contribution is -2.16.